The number of carboxylic acid groups (broad SMARTS) is 1. The number of hydrogen-bond acceptors (Lipinski definition) is 3. The van der Waals surface area contributed by atoms with Crippen LogP contribution in [0.15, 0.2) is 36.5 Å². The topological polar surface area (TPSA) is 84.2 Å². The molecule has 1 aromatic carbocycles. The second-order valence-corrected chi connectivity index (χ2v) is 4.15. The van der Waals surface area contributed by atoms with Gasteiger partial charge in [-0.15, -0.1) is 0 Å². The fraction of sp³-hybridized carbons (Fsp3) is 0.154. The lowest BCUT2D eigenvalue weighted by molar-refractivity contribution is -0.137. The van der Waals surface area contributed by atoms with Crippen LogP contribution in [0.4, 0.5) is 10.2 Å². The smallest absolute Gasteiger partial charge is 0.325 e. The van der Waals surface area contributed by atoms with Gasteiger partial charge in [-0.25, -0.2) is 4.39 Å². The molecule has 0 aliphatic rings. The average molecular weight is 277 g/mol. The number of benzene rings is 1. The summed E-state index contributed by atoms with van der Waals surface area (Å²) in [6.07, 6.45) is 1.47. The van der Waals surface area contributed by atoms with Crippen LogP contribution in [0.2, 0.25) is 0 Å². The molecule has 2 rings (SSSR count). The number of rotatable bonds is 5. The number of carbonyl (C=O) groups is 2. The molecular formula is C13H12FN3O3. The van der Waals surface area contributed by atoms with Crippen molar-refractivity contribution in [2.45, 2.75) is 13.0 Å². The number of anilines is 1. The predicted molar refractivity (Wildman–Crippen MR) is 68.6 cm³/mol. The van der Waals surface area contributed by atoms with E-state index in [-0.39, 0.29) is 24.7 Å². The largest absolute Gasteiger partial charge is 0.480 e. The predicted octanol–water partition coefficient (Wildman–Crippen LogP) is 1.29. The van der Waals surface area contributed by atoms with Crippen LogP contribution < -0.4 is 5.32 Å². The molecule has 0 aliphatic carbocycles. The number of halogens is 1. The van der Waals surface area contributed by atoms with Gasteiger partial charge < -0.3 is 10.4 Å². The van der Waals surface area contributed by atoms with Crippen LogP contribution in [-0.4, -0.2) is 26.8 Å². The van der Waals surface area contributed by atoms with E-state index in [1.165, 1.54) is 35.1 Å². The van der Waals surface area contributed by atoms with Crippen molar-refractivity contribution in [3.63, 3.8) is 0 Å². The molecule has 1 heterocycles. The summed E-state index contributed by atoms with van der Waals surface area (Å²) < 4.78 is 14.2. The molecule has 0 atom stereocenters. The lowest BCUT2D eigenvalue weighted by Gasteiger charge is -2.02. The minimum atomic E-state index is -1.02. The van der Waals surface area contributed by atoms with E-state index in [1.54, 1.807) is 6.07 Å². The van der Waals surface area contributed by atoms with E-state index >= 15 is 0 Å². The van der Waals surface area contributed by atoms with Crippen LogP contribution in [0.1, 0.15) is 5.56 Å². The molecule has 2 N–H and O–H groups in total. The van der Waals surface area contributed by atoms with E-state index in [0.717, 1.165) is 0 Å². The zero-order valence-corrected chi connectivity index (χ0v) is 10.4. The van der Waals surface area contributed by atoms with Gasteiger partial charge >= 0.3 is 5.97 Å². The number of nitrogens with one attached hydrogen (secondary N) is 1. The fourth-order valence-corrected chi connectivity index (χ4v) is 1.67. The number of hydrogen-bond donors (Lipinski definition) is 2. The van der Waals surface area contributed by atoms with E-state index in [9.17, 15) is 14.0 Å². The first-order valence-corrected chi connectivity index (χ1v) is 5.82. The van der Waals surface area contributed by atoms with Gasteiger partial charge in [-0.05, 0) is 17.7 Å². The third-order valence-corrected chi connectivity index (χ3v) is 2.46. The lowest BCUT2D eigenvalue weighted by Crippen LogP contribution is -2.15. The highest BCUT2D eigenvalue weighted by molar-refractivity contribution is 5.91. The molecule has 20 heavy (non-hydrogen) atoms. The van der Waals surface area contributed by atoms with E-state index < -0.39 is 11.8 Å². The molecule has 2 aromatic rings. The number of aromatic nitrogens is 2. The third kappa shape index (κ3) is 3.91. The van der Waals surface area contributed by atoms with E-state index in [2.05, 4.69) is 10.4 Å². The summed E-state index contributed by atoms with van der Waals surface area (Å²) in [5, 5.41) is 15.0. The van der Waals surface area contributed by atoms with Gasteiger partial charge in [0.2, 0.25) is 5.91 Å². The molecule has 0 aliphatic heterocycles. The van der Waals surface area contributed by atoms with Crippen molar-refractivity contribution >= 4 is 17.7 Å². The van der Waals surface area contributed by atoms with Crippen molar-refractivity contribution in [3.8, 4) is 0 Å². The Labute approximate surface area is 113 Å². The zero-order valence-electron chi connectivity index (χ0n) is 10.4. The van der Waals surface area contributed by atoms with Gasteiger partial charge in [0.1, 0.15) is 12.4 Å². The highest BCUT2D eigenvalue weighted by Crippen LogP contribution is 2.07. The number of carboxylic acids is 1. The normalized spacial score (nSPS) is 10.2. The monoisotopic (exact) mass is 277 g/mol. The number of nitrogens with zero attached hydrogens (tertiary/aromatic N) is 2. The maximum absolute atomic E-state index is 13.0. The first kappa shape index (κ1) is 13.7. The first-order valence-electron chi connectivity index (χ1n) is 5.82. The molecule has 1 aromatic heterocycles. The summed E-state index contributed by atoms with van der Waals surface area (Å²) in [6, 6.07) is 7.25. The Kier molecular flexibility index (Phi) is 4.09. The summed E-state index contributed by atoms with van der Waals surface area (Å²) in [6.45, 7) is -0.278. The van der Waals surface area contributed by atoms with Crippen LogP contribution >= 0.6 is 0 Å². The molecule has 1 amide bonds. The Morgan fingerprint density at radius 1 is 1.35 bits per heavy atom. The molecule has 6 nitrogen and oxygen atoms in total. The van der Waals surface area contributed by atoms with E-state index in [4.69, 9.17) is 5.11 Å². The minimum Gasteiger partial charge on any atom is -0.480 e. The van der Waals surface area contributed by atoms with Crippen molar-refractivity contribution < 1.29 is 19.1 Å². The van der Waals surface area contributed by atoms with Crippen LogP contribution in [0.3, 0.4) is 0 Å². The van der Waals surface area contributed by atoms with Gasteiger partial charge in [-0.3, -0.25) is 14.3 Å². The number of amides is 1. The quantitative estimate of drug-likeness (QED) is 0.862. The van der Waals surface area contributed by atoms with Gasteiger partial charge in [-0.2, -0.15) is 5.10 Å². The number of carbonyl (C=O) groups excluding carboxylic acids is 1. The molecule has 104 valence electrons. The van der Waals surface area contributed by atoms with Gasteiger partial charge in [0.25, 0.3) is 0 Å². The Morgan fingerprint density at radius 2 is 2.15 bits per heavy atom. The van der Waals surface area contributed by atoms with Gasteiger partial charge in [0.15, 0.2) is 5.82 Å². The van der Waals surface area contributed by atoms with Crippen LogP contribution in [0.25, 0.3) is 0 Å². The lowest BCUT2D eigenvalue weighted by atomic mass is 10.1. The van der Waals surface area contributed by atoms with Gasteiger partial charge in [0, 0.05) is 12.3 Å². The molecule has 0 bridgehead atoms. The summed E-state index contributed by atoms with van der Waals surface area (Å²) in [4.78, 5) is 22.2. The SMILES string of the molecule is O=C(O)Cn1ccc(NC(=O)Cc2cccc(F)c2)n1. The summed E-state index contributed by atoms with van der Waals surface area (Å²) in [7, 11) is 0. The Hall–Kier alpha value is -2.70. The van der Waals surface area contributed by atoms with Crippen molar-refractivity contribution in [3.05, 3.63) is 47.9 Å². The molecule has 0 spiro atoms. The van der Waals surface area contributed by atoms with E-state index in [1.807, 2.05) is 0 Å². The standard InChI is InChI=1S/C13H12FN3O3/c14-10-3-1-2-9(6-10)7-12(18)15-11-4-5-17(16-11)8-13(19)20/h1-6H,7-8H2,(H,19,20)(H,15,16,18). The van der Waals surface area contributed by atoms with Crippen molar-refractivity contribution in [2.75, 3.05) is 5.32 Å². The number of aliphatic carboxylic acids is 1. The first-order chi connectivity index (χ1) is 9.52. The molecule has 7 heteroatoms. The van der Waals surface area contributed by atoms with Crippen molar-refractivity contribution in [2.24, 2.45) is 0 Å². The van der Waals surface area contributed by atoms with Crippen molar-refractivity contribution in [1.29, 1.82) is 0 Å². The Balaban J connectivity index is 1.94. The Bertz CT molecular complexity index is 639. The summed E-state index contributed by atoms with van der Waals surface area (Å²) in [5.74, 6) is -1.52. The second-order valence-electron chi connectivity index (χ2n) is 4.15. The van der Waals surface area contributed by atoms with Crippen LogP contribution in [0.5, 0.6) is 0 Å². The molecule has 0 unspecified atom stereocenters. The van der Waals surface area contributed by atoms with Crippen LogP contribution in [-0.2, 0) is 22.6 Å². The van der Waals surface area contributed by atoms with Crippen molar-refractivity contribution in [1.82, 2.24) is 9.78 Å². The summed E-state index contributed by atoms with van der Waals surface area (Å²) >= 11 is 0. The van der Waals surface area contributed by atoms with Gasteiger partial charge in [-0.1, -0.05) is 12.1 Å². The van der Waals surface area contributed by atoms with Gasteiger partial charge in [0.05, 0.1) is 6.42 Å². The second kappa shape index (κ2) is 5.96. The van der Waals surface area contributed by atoms with E-state index in [0.29, 0.717) is 5.56 Å². The molecule has 0 fully saturated rings. The Morgan fingerprint density at radius 3 is 2.85 bits per heavy atom. The molecular weight excluding hydrogens is 265 g/mol. The average Bonchev–Trinajstić information content (AvgIpc) is 2.75. The highest BCUT2D eigenvalue weighted by atomic mass is 19.1. The zero-order chi connectivity index (χ0) is 14.5. The summed E-state index contributed by atoms with van der Waals surface area (Å²) in [5.41, 5.74) is 0.549. The minimum absolute atomic E-state index is 0.0174. The molecule has 0 saturated heterocycles. The van der Waals surface area contributed by atoms with Crippen LogP contribution in [0, 0.1) is 5.82 Å². The maximum Gasteiger partial charge on any atom is 0.325 e. The molecule has 0 saturated carbocycles. The maximum atomic E-state index is 13.0. The highest BCUT2D eigenvalue weighted by Gasteiger charge is 2.08. The fourth-order valence-electron chi connectivity index (χ4n) is 1.67. The third-order valence-electron chi connectivity index (χ3n) is 2.46. The molecule has 0 radical (unpaired) electrons.